The molecule has 2 atom stereocenters. The summed E-state index contributed by atoms with van der Waals surface area (Å²) in [6.07, 6.45) is 4.39. The van der Waals surface area contributed by atoms with Crippen LogP contribution in [0.15, 0.2) is 11.8 Å². The average molecular weight is 225 g/mol. The lowest BCUT2D eigenvalue weighted by Crippen LogP contribution is -2.58. The highest BCUT2D eigenvalue weighted by Gasteiger charge is 2.30. The summed E-state index contributed by atoms with van der Waals surface area (Å²) in [7, 11) is 4.31. The Balaban J connectivity index is 2.01. The van der Waals surface area contributed by atoms with Gasteiger partial charge in [-0.3, -0.25) is 4.90 Å². The van der Waals surface area contributed by atoms with Gasteiger partial charge < -0.3 is 15.4 Å². The number of rotatable bonds is 2. The van der Waals surface area contributed by atoms with E-state index in [-0.39, 0.29) is 6.04 Å². The van der Waals surface area contributed by atoms with E-state index in [1.165, 1.54) is 0 Å². The minimum Gasteiger partial charge on any atom is -0.497 e. The molecule has 0 aliphatic carbocycles. The fourth-order valence-electron chi connectivity index (χ4n) is 2.43. The lowest BCUT2D eigenvalue weighted by Gasteiger charge is -2.41. The lowest BCUT2D eigenvalue weighted by atomic mass is 10.0. The summed E-state index contributed by atoms with van der Waals surface area (Å²) in [5.74, 6) is 0.999. The summed E-state index contributed by atoms with van der Waals surface area (Å²) in [5, 5.41) is 0. The Hall–Kier alpha value is -0.580. The highest BCUT2D eigenvalue weighted by Crippen LogP contribution is 2.19. The first-order valence-corrected chi connectivity index (χ1v) is 6.15. The molecule has 2 N–H and O–H groups in total. The molecule has 2 unspecified atom stereocenters. The second-order valence-corrected chi connectivity index (χ2v) is 4.93. The second kappa shape index (κ2) is 5.17. The van der Waals surface area contributed by atoms with E-state index in [0.717, 1.165) is 44.8 Å². The lowest BCUT2D eigenvalue weighted by molar-refractivity contribution is 0.0795. The Bertz CT molecular complexity index is 267. The molecule has 2 aliphatic rings. The van der Waals surface area contributed by atoms with Crippen molar-refractivity contribution < 1.29 is 4.74 Å². The van der Waals surface area contributed by atoms with Gasteiger partial charge >= 0.3 is 0 Å². The van der Waals surface area contributed by atoms with Crippen LogP contribution >= 0.6 is 0 Å². The van der Waals surface area contributed by atoms with Gasteiger partial charge in [-0.15, -0.1) is 0 Å². The third-order valence-corrected chi connectivity index (χ3v) is 3.61. The van der Waals surface area contributed by atoms with E-state index in [2.05, 4.69) is 30.0 Å². The monoisotopic (exact) mass is 225 g/mol. The minimum absolute atomic E-state index is 0.0213. The molecule has 1 saturated heterocycles. The normalized spacial score (nSPS) is 30.7. The average Bonchev–Trinajstić information content (AvgIpc) is 2.32. The number of piperazine rings is 1. The molecule has 1 fully saturated rings. The molecule has 92 valence electrons. The van der Waals surface area contributed by atoms with E-state index >= 15 is 0 Å². The molecule has 2 rings (SSSR count). The highest BCUT2D eigenvalue weighted by molar-refractivity contribution is 5.09. The van der Waals surface area contributed by atoms with Crippen molar-refractivity contribution in [3.8, 4) is 0 Å². The summed E-state index contributed by atoms with van der Waals surface area (Å²) in [6.45, 7) is 4.06. The zero-order valence-electron chi connectivity index (χ0n) is 10.4. The third-order valence-electron chi connectivity index (χ3n) is 3.61. The number of allylic oxidation sites excluding steroid dienone is 1. The van der Waals surface area contributed by atoms with Crippen LogP contribution < -0.4 is 5.73 Å². The molecule has 0 amide bonds. The number of nitrogens with zero attached hydrogens (tertiary/aromatic N) is 2. The van der Waals surface area contributed by atoms with Gasteiger partial charge in [-0.1, -0.05) is 0 Å². The molecule has 16 heavy (non-hydrogen) atoms. The van der Waals surface area contributed by atoms with Gasteiger partial charge in [0.1, 0.15) is 5.76 Å². The van der Waals surface area contributed by atoms with Crippen molar-refractivity contribution >= 4 is 0 Å². The van der Waals surface area contributed by atoms with Crippen LogP contribution in [0.2, 0.25) is 0 Å². The molecular weight excluding hydrogens is 202 g/mol. The minimum atomic E-state index is 0.0213. The van der Waals surface area contributed by atoms with Crippen LogP contribution in [0.4, 0.5) is 0 Å². The van der Waals surface area contributed by atoms with Gasteiger partial charge in [0.15, 0.2) is 0 Å². The van der Waals surface area contributed by atoms with Gasteiger partial charge in [0.25, 0.3) is 0 Å². The smallest absolute Gasteiger partial charge is 0.110 e. The standard InChI is InChI=1S/C12H23N3O/c1-14-6-7-15(2)10(9-14)12(13)11-5-3-4-8-16-11/h5,10,12H,3-4,6-9,13H2,1-2H3. The maximum absolute atomic E-state index is 6.31. The molecule has 0 aromatic rings. The van der Waals surface area contributed by atoms with Crippen LogP contribution in [0.3, 0.4) is 0 Å². The molecule has 0 bridgehead atoms. The number of nitrogens with two attached hydrogens (primary N) is 1. The molecule has 0 radical (unpaired) electrons. The first-order chi connectivity index (χ1) is 7.68. The van der Waals surface area contributed by atoms with Crippen molar-refractivity contribution in [1.29, 1.82) is 0 Å². The molecular formula is C12H23N3O. The SMILES string of the molecule is CN1CCN(C)C(C(N)C2=CCCCO2)C1. The molecule has 0 aromatic carbocycles. The maximum atomic E-state index is 6.31. The Morgan fingerprint density at radius 1 is 1.44 bits per heavy atom. The summed E-state index contributed by atoms with van der Waals surface area (Å²) in [6, 6.07) is 0.399. The van der Waals surface area contributed by atoms with Crippen LogP contribution in [0.25, 0.3) is 0 Å². The Labute approximate surface area is 98.0 Å². The van der Waals surface area contributed by atoms with Gasteiger partial charge in [-0.05, 0) is 33.0 Å². The zero-order valence-corrected chi connectivity index (χ0v) is 10.4. The van der Waals surface area contributed by atoms with Gasteiger partial charge in [-0.2, -0.15) is 0 Å². The number of hydrogen-bond acceptors (Lipinski definition) is 4. The Kier molecular flexibility index (Phi) is 3.84. The third kappa shape index (κ3) is 2.56. The highest BCUT2D eigenvalue weighted by atomic mass is 16.5. The fourth-order valence-corrected chi connectivity index (χ4v) is 2.43. The zero-order chi connectivity index (χ0) is 11.5. The largest absolute Gasteiger partial charge is 0.497 e. The van der Waals surface area contributed by atoms with Gasteiger partial charge in [0.2, 0.25) is 0 Å². The summed E-state index contributed by atoms with van der Waals surface area (Å²) in [4.78, 5) is 4.69. The predicted octanol–water partition coefficient (Wildman–Crippen LogP) is 0.254. The van der Waals surface area contributed by atoms with E-state index in [0.29, 0.717) is 6.04 Å². The molecule has 4 heteroatoms. The molecule has 0 spiro atoms. The van der Waals surface area contributed by atoms with Gasteiger partial charge in [0.05, 0.1) is 12.6 Å². The fraction of sp³-hybridized carbons (Fsp3) is 0.833. The second-order valence-electron chi connectivity index (χ2n) is 4.93. The number of hydrogen-bond donors (Lipinski definition) is 1. The van der Waals surface area contributed by atoms with Crippen molar-refractivity contribution in [1.82, 2.24) is 9.80 Å². The molecule has 2 aliphatic heterocycles. The van der Waals surface area contributed by atoms with Crippen molar-refractivity contribution in [2.24, 2.45) is 5.73 Å². The van der Waals surface area contributed by atoms with Crippen molar-refractivity contribution in [2.75, 3.05) is 40.3 Å². The quantitative estimate of drug-likeness (QED) is 0.732. The van der Waals surface area contributed by atoms with Crippen LogP contribution in [0, 0.1) is 0 Å². The van der Waals surface area contributed by atoms with E-state index in [9.17, 15) is 0 Å². The first-order valence-electron chi connectivity index (χ1n) is 6.15. The molecule has 4 nitrogen and oxygen atoms in total. The van der Waals surface area contributed by atoms with E-state index in [1.54, 1.807) is 0 Å². The predicted molar refractivity (Wildman–Crippen MR) is 65.2 cm³/mol. The summed E-state index contributed by atoms with van der Waals surface area (Å²) in [5.41, 5.74) is 6.31. The summed E-state index contributed by atoms with van der Waals surface area (Å²) >= 11 is 0. The molecule has 2 heterocycles. The molecule has 0 saturated carbocycles. The maximum Gasteiger partial charge on any atom is 0.110 e. The van der Waals surface area contributed by atoms with Crippen molar-refractivity contribution in [3.63, 3.8) is 0 Å². The van der Waals surface area contributed by atoms with Crippen molar-refractivity contribution in [3.05, 3.63) is 11.8 Å². The van der Waals surface area contributed by atoms with Crippen LogP contribution in [-0.4, -0.2) is 62.2 Å². The Morgan fingerprint density at radius 2 is 2.25 bits per heavy atom. The van der Waals surface area contributed by atoms with E-state index < -0.39 is 0 Å². The van der Waals surface area contributed by atoms with Gasteiger partial charge in [0, 0.05) is 25.7 Å². The van der Waals surface area contributed by atoms with Gasteiger partial charge in [-0.25, -0.2) is 0 Å². The van der Waals surface area contributed by atoms with E-state index in [1.807, 2.05) is 0 Å². The topological polar surface area (TPSA) is 41.7 Å². The first kappa shape index (κ1) is 11.9. The Morgan fingerprint density at radius 3 is 2.94 bits per heavy atom. The van der Waals surface area contributed by atoms with Crippen LogP contribution in [0.5, 0.6) is 0 Å². The molecule has 0 aromatic heterocycles. The summed E-state index contributed by atoms with van der Waals surface area (Å²) < 4.78 is 5.67. The number of ether oxygens (including phenoxy) is 1. The van der Waals surface area contributed by atoms with E-state index in [4.69, 9.17) is 10.5 Å². The number of likely N-dealkylation sites (N-methyl/N-ethyl adjacent to an activating group) is 2. The van der Waals surface area contributed by atoms with Crippen LogP contribution in [-0.2, 0) is 4.74 Å². The van der Waals surface area contributed by atoms with Crippen molar-refractivity contribution in [2.45, 2.75) is 24.9 Å². The van der Waals surface area contributed by atoms with Crippen LogP contribution in [0.1, 0.15) is 12.8 Å².